The van der Waals surface area contributed by atoms with E-state index >= 15 is 0 Å². The lowest BCUT2D eigenvalue weighted by Crippen LogP contribution is -2.02. The first-order chi connectivity index (χ1) is 66.5. The molecule has 10 aromatic heterocycles. The van der Waals surface area contributed by atoms with Crippen LogP contribution in [0.25, 0.3) is 281 Å². The van der Waals surface area contributed by atoms with E-state index in [1.165, 1.54) is 131 Å². The molecule has 31 rings (SSSR count). The van der Waals surface area contributed by atoms with Crippen LogP contribution in [0, 0.1) is 0 Å². The molecule has 1 aliphatic rings. The molecular formula is C124H73N9O. The van der Waals surface area contributed by atoms with E-state index in [1.54, 1.807) is 6.26 Å². The minimum absolute atomic E-state index is 0.860. The number of pyridine rings is 1. The maximum atomic E-state index is 6.37. The number of aromatic nitrogens is 9. The number of benzene rings is 20. The fourth-order valence-electron chi connectivity index (χ4n) is 24.1. The zero-order valence-corrected chi connectivity index (χ0v) is 72.1. The number of allylic oxidation sites excluding steroid dienone is 1. The number of para-hydroxylation sites is 8. The summed E-state index contributed by atoms with van der Waals surface area (Å²) in [6.45, 7) is 0. The molecule has 10 heteroatoms. The molecule has 1 aliphatic carbocycles. The topological polar surface area (TPSA) is 65.5 Å². The van der Waals surface area contributed by atoms with E-state index in [2.05, 4.69) is 461 Å². The zero-order chi connectivity index (χ0) is 87.0. The minimum Gasteiger partial charge on any atom is -0.462 e. The lowest BCUT2D eigenvalue weighted by Gasteiger charge is -2.18. The van der Waals surface area contributed by atoms with Crippen molar-refractivity contribution in [2.45, 2.75) is 6.42 Å². The predicted molar refractivity (Wildman–Crippen MR) is 559 cm³/mol. The zero-order valence-electron chi connectivity index (χ0n) is 72.1. The highest BCUT2D eigenvalue weighted by Crippen LogP contribution is 2.52. The largest absolute Gasteiger partial charge is 0.462 e. The summed E-state index contributed by atoms with van der Waals surface area (Å²) in [7, 11) is 0. The summed E-state index contributed by atoms with van der Waals surface area (Å²) in [5, 5.41) is 25.8. The van der Waals surface area contributed by atoms with Gasteiger partial charge < -0.3 is 41.0 Å². The Morgan fingerprint density at radius 2 is 0.612 bits per heavy atom. The van der Waals surface area contributed by atoms with Gasteiger partial charge >= 0.3 is 0 Å². The van der Waals surface area contributed by atoms with Crippen LogP contribution in [0.5, 0.6) is 0 Å². The third-order valence-electron chi connectivity index (χ3n) is 29.6. The quantitative estimate of drug-likeness (QED) is 0.145. The van der Waals surface area contributed by atoms with Crippen molar-refractivity contribution in [3.8, 4) is 56.8 Å². The van der Waals surface area contributed by atoms with E-state index in [0.29, 0.717) is 0 Å². The van der Waals surface area contributed by atoms with Crippen molar-refractivity contribution in [2.75, 3.05) is 0 Å². The average molecular weight is 1710 g/mol. The highest BCUT2D eigenvalue weighted by Gasteiger charge is 2.31. The van der Waals surface area contributed by atoms with Crippen LogP contribution in [-0.4, -0.2) is 41.5 Å². The number of hydrogen-bond acceptors (Lipinski definition) is 2. The van der Waals surface area contributed by atoms with Gasteiger partial charge in [-0.15, -0.1) is 0 Å². The highest BCUT2D eigenvalue weighted by atomic mass is 16.3. The third-order valence-corrected chi connectivity index (χ3v) is 29.6. The smallest absolute Gasteiger partial charge is 0.157 e. The standard InChI is InChI=1S/C124H73N9O/c1-2-23-77-70-82(51-46-73(77)22-1)130-111-44-21-36-96(115(111)99-60-59-95-90-33-9-15-40-105(90)132(122(95)123(99)130)110-67-66-109(84-27-3-4-28-85(84)110)131-108-43-18-11-35-98(108)117-113(131)65-62-92-87-30-8-16-41-106(87)133(119(92)117)114-45-20-25-76-68-69-134-124(76)114)100-63-49-75-48-52-83(72-101(75)125-100)126-107-42-17-10-34-97(107)116-112(126)64-61-91-86-29-5-12-37-102(86)127(118(91)116)79-53-55-80(56-54-79)128-103-38-13-6-31-88(103)93-57-58-94-89-32-7-14-39-104(89)129(121(94)120(93)128)81-50-47-74-24-19-26-78(74)71-81/h1-25,27-72H,26H2. The van der Waals surface area contributed by atoms with Crippen LogP contribution in [0.15, 0.2) is 429 Å². The lowest BCUT2D eigenvalue weighted by molar-refractivity contribution is 0.614. The van der Waals surface area contributed by atoms with Crippen LogP contribution >= 0.6 is 0 Å². The van der Waals surface area contributed by atoms with Crippen LogP contribution in [-0.2, 0) is 6.42 Å². The van der Waals surface area contributed by atoms with E-state index in [0.717, 1.165) is 162 Å². The molecule has 20 aromatic carbocycles. The molecule has 0 radical (unpaired) electrons. The molecule has 0 aliphatic heterocycles. The van der Waals surface area contributed by atoms with E-state index in [-0.39, 0.29) is 0 Å². The van der Waals surface area contributed by atoms with Gasteiger partial charge in [-0.3, -0.25) is 0 Å². The third kappa shape index (κ3) is 9.67. The van der Waals surface area contributed by atoms with Crippen molar-refractivity contribution in [1.82, 2.24) is 41.5 Å². The number of furan rings is 1. The first-order valence-corrected chi connectivity index (χ1v) is 46.2. The van der Waals surface area contributed by atoms with Gasteiger partial charge in [-0.05, 0) is 180 Å². The number of hydrogen-bond donors (Lipinski definition) is 0. The second-order valence-electron chi connectivity index (χ2n) is 36.3. The Kier molecular flexibility index (Phi) is 14.4. The molecule has 620 valence electrons. The second-order valence-corrected chi connectivity index (χ2v) is 36.3. The SMILES string of the molecule is C1=Cc2ccc(-n3c4ccccc4c4ccc5c6ccccc6n(-c6ccc(-n7c8ccccc8c8ccc9c(c%10ccccc%10n9-c9ccc%10ccc(-c%11cccc%12c%11c%11ccc%13c%14ccccc%14n(-c%14ccc(-n%15c%16ccccc%16c%16c%15ccc%15c%17ccccc%17n(-c%17cccc%18ccoc%17%18)c%15%16)c%15ccccc%14%15)c%13c%11n%12-c%11ccc%12ccccc%12c%11)nc%10c9)c87)cc6)c5c43)cc2C1. The van der Waals surface area contributed by atoms with Gasteiger partial charge in [0.2, 0.25) is 0 Å². The lowest BCUT2D eigenvalue weighted by atomic mass is 10.0. The number of rotatable bonds is 9. The summed E-state index contributed by atoms with van der Waals surface area (Å²) < 4.78 is 26.5. The van der Waals surface area contributed by atoms with Gasteiger partial charge in [-0.1, -0.05) is 273 Å². The molecule has 0 saturated carbocycles. The van der Waals surface area contributed by atoms with Crippen molar-refractivity contribution < 1.29 is 4.42 Å². The van der Waals surface area contributed by atoms with Gasteiger partial charge in [-0.2, -0.15) is 0 Å². The molecule has 0 bridgehead atoms. The molecular weight excluding hydrogens is 1630 g/mol. The molecule has 0 N–H and O–H groups in total. The molecule has 10 nitrogen and oxygen atoms in total. The normalized spacial score (nSPS) is 12.7. The van der Waals surface area contributed by atoms with Crippen molar-refractivity contribution in [3.63, 3.8) is 0 Å². The first-order valence-electron chi connectivity index (χ1n) is 46.2. The Morgan fingerprint density at radius 1 is 0.216 bits per heavy atom. The predicted octanol–water partition coefficient (Wildman–Crippen LogP) is 32.3. The summed E-state index contributed by atoms with van der Waals surface area (Å²) >= 11 is 0. The molecule has 0 amide bonds. The molecule has 0 atom stereocenters. The Balaban J connectivity index is 0.578. The summed E-state index contributed by atoms with van der Waals surface area (Å²) in [6.07, 6.45) is 7.27. The first kappa shape index (κ1) is 72.0. The second kappa shape index (κ2) is 26.8. The van der Waals surface area contributed by atoms with Gasteiger partial charge in [-0.25, -0.2) is 4.98 Å². The van der Waals surface area contributed by atoms with Gasteiger partial charge in [0.15, 0.2) is 5.58 Å². The maximum absolute atomic E-state index is 6.37. The van der Waals surface area contributed by atoms with Crippen molar-refractivity contribution in [2.24, 2.45) is 0 Å². The van der Waals surface area contributed by atoms with Crippen LogP contribution in [0.4, 0.5) is 0 Å². The minimum atomic E-state index is 0.860. The molecule has 0 unspecified atom stereocenters. The fraction of sp³-hybridized carbons (Fsp3) is 0.00806. The van der Waals surface area contributed by atoms with Crippen LogP contribution in [0.3, 0.4) is 0 Å². The van der Waals surface area contributed by atoms with Gasteiger partial charge in [0, 0.05) is 142 Å². The van der Waals surface area contributed by atoms with E-state index in [1.807, 2.05) is 0 Å². The Hall–Kier alpha value is -18.0. The van der Waals surface area contributed by atoms with Crippen molar-refractivity contribution in [1.29, 1.82) is 0 Å². The molecule has 134 heavy (non-hydrogen) atoms. The molecule has 0 spiro atoms. The number of fused-ring (bicyclic) bond motifs is 33. The number of nitrogens with zero attached hydrogens (tertiary/aromatic N) is 9. The van der Waals surface area contributed by atoms with Gasteiger partial charge in [0.25, 0.3) is 0 Å². The van der Waals surface area contributed by atoms with E-state index < -0.39 is 0 Å². The average Bonchev–Trinajstić information content (AvgIpc) is 1.53. The van der Waals surface area contributed by atoms with Gasteiger partial charge in [0.1, 0.15) is 0 Å². The Labute approximate surface area is 763 Å². The van der Waals surface area contributed by atoms with Crippen LogP contribution in [0.1, 0.15) is 11.1 Å². The summed E-state index contributed by atoms with van der Waals surface area (Å²) in [5.41, 5.74) is 33.3. The van der Waals surface area contributed by atoms with E-state index in [4.69, 9.17) is 9.40 Å². The molecule has 30 aromatic rings. The molecule has 10 heterocycles. The van der Waals surface area contributed by atoms with E-state index in [9.17, 15) is 0 Å². The Bertz CT molecular complexity index is 10500. The molecule has 0 saturated heterocycles. The summed E-state index contributed by atoms with van der Waals surface area (Å²) in [6, 6.07) is 154. The highest BCUT2D eigenvalue weighted by molar-refractivity contribution is 6.31. The monoisotopic (exact) mass is 1700 g/mol. The van der Waals surface area contributed by atoms with Crippen molar-refractivity contribution >= 4 is 224 Å². The maximum Gasteiger partial charge on any atom is 0.157 e. The van der Waals surface area contributed by atoms with Crippen LogP contribution in [0.2, 0.25) is 0 Å². The van der Waals surface area contributed by atoms with Gasteiger partial charge in [0.05, 0.1) is 123 Å². The molecule has 0 fully saturated rings. The Morgan fingerprint density at radius 3 is 1.23 bits per heavy atom. The summed E-state index contributed by atoms with van der Waals surface area (Å²) in [5.74, 6) is 0. The van der Waals surface area contributed by atoms with Crippen LogP contribution < -0.4 is 0 Å². The fourth-order valence-corrected chi connectivity index (χ4v) is 24.1. The summed E-state index contributed by atoms with van der Waals surface area (Å²) in [4.78, 5) is 5.87. The van der Waals surface area contributed by atoms with Crippen molar-refractivity contribution in [3.05, 3.63) is 436 Å².